The summed E-state index contributed by atoms with van der Waals surface area (Å²) in [6.07, 6.45) is 0. The van der Waals surface area contributed by atoms with Crippen molar-refractivity contribution < 1.29 is 14.3 Å². The van der Waals surface area contributed by atoms with Crippen LogP contribution in [0.4, 0.5) is 5.69 Å². The minimum absolute atomic E-state index is 0.0683. The molecule has 0 atom stereocenters. The fourth-order valence-corrected chi connectivity index (χ4v) is 4.01. The van der Waals surface area contributed by atoms with Crippen molar-refractivity contribution >= 4 is 40.1 Å². The fraction of sp³-hybridized carbons (Fsp3) is 0.143. The third kappa shape index (κ3) is 3.30. The van der Waals surface area contributed by atoms with Crippen LogP contribution in [0.1, 0.15) is 5.56 Å². The molecule has 0 N–H and O–H groups in total. The number of hydrogen-bond acceptors (Lipinski definition) is 4. The first kappa shape index (κ1) is 16.7. The number of rotatable bonds is 4. The zero-order valence-corrected chi connectivity index (χ0v) is 14.9. The second kappa shape index (κ2) is 7.22. The minimum atomic E-state index is -0.409. The molecule has 3 aromatic carbocycles. The van der Waals surface area contributed by atoms with Crippen LogP contribution in [0.2, 0.25) is 0 Å². The van der Waals surface area contributed by atoms with E-state index in [0.29, 0.717) is 5.75 Å². The summed E-state index contributed by atoms with van der Waals surface area (Å²) in [5.41, 5.74) is 1.73. The number of thioether (sulfide) groups is 1. The minimum Gasteiger partial charge on any atom is -0.459 e. The Morgan fingerprint density at radius 1 is 1.00 bits per heavy atom. The highest BCUT2D eigenvalue weighted by Crippen LogP contribution is 2.34. The van der Waals surface area contributed by atoms with Gasteiger partial charge in [-0.15, -0.1) is 11.8 Å². The molecule has 5 heteroatoms. The van der Waals surface area contributed by atoms with Gasteiger partial charge in [-0.1, -0.05) is 54.6 Å². The summed E-state index contributed by atoms with van der Waals surface area (Å²) in [5.74, 6) is -0.142. The monoisotopic (exact) mass is 363 g/mol. The standard InChI is InChI=1S/C21H17NO3S/c23-20-14-26-19-11-4-3-10-18(19)22(20)12-21(24)25-13-16-8-5-7-15-6-1-2-9-17(15)16/h1-11H,12-14H2. The molecule has 0 radical (unpaired) electrons. The molecule has 4 nitrogen and oxygen atoms in total. The molecular formula is C21H17NO3S. The van der Waals surface area contributed by atoms with E-state index in [1.165, 1.54) is 16.7 Å². The number of carbonyl (C=O) groups is 2. The van der Waals surface area contributed by atoms with Crippen molar-refractivity contribution in [2.75, 3.05) is 17.2 Å². The van der Waals surface area contributed by atoms with Crippen LogP contribution in [-0.2, 0) is 20.9 Å². The summed E-state index contributed by atoms with van der Waals surface area (Å²) in [4.78, 5) is 27.1. The molecule has 26 heavy (non-hydrogen) atoms. The van der Waals surface area contributed by atoms with Crippen molar-refractivity contribution in [1.29, 1.82) is 0 Å². The maximum Gasteiger partial charge on any atom is 0.326 e. The number of esters is 1. The molecule has 0 saturated carbocycles. The van der Waals surface area contributed by atoms with Gasteiger partial charge >= 0.3 is 5.97 Å². The average molecular weight is 363 g/mol. The fourth-order valence-electron chi connectivity index (χ4n) is 3.08. The highest BCUT2D eigenvalue weighted by molar-refractivity contribution is 8.00. The molecule has 0 fully saturated rings. The molecule has 0 spiro atoms. The van der Waals surface area contributed by atoms with Gasteiger partial charge < -0.3 is 4.74 Å². The number of para-hydroxylation sites is 1. The Hall–Kier alpha value is -2.79. The number of benzene rings is 3. The van der Waals surface area contributed by atoms with Gasteiger partial charge in [-0.2, -0.15) is 0 Å². The highest BCUT2D eigenvalue weighted by atomic mass is 32.2. The summed E-state index contributed by atoms with van der Waals surface area (Å²) in [6, 6.07) is 21.5. The van der Waals surface area contributed by atoms with E-state index < -0.39 is 5.97 Å². The maximum atomic E-state index is 12.4. The first-order valence-electron chi connectivity index (χ1n) is 8.37. The van der Waals surface area contributed by atoms with Gasteiger partial charge in [0.1, 0.15) is 13.2 Å². The zero-order valence-electron chi connectivity index (χ0n) is 14.1. The molecule has 1 aliphatic rings. The molecular weight excluding hydrogens is 346 g/mol. The van der Waals surface area contributed by atoms with Crippen LogP contribution >= 0.6 is 11.8 Å². The summed E-state index contributed by atoms with van der Waals surface area (Å²) >= 11 is 1.50. The number of ether oxygens (including phenoxy) is 1. The Bertz CT molecular complexity index is 980. The van der Waals surface area contributed by atoms with Crippen LogP contribution in [-0.4, -0.2) is 24.2 Å². The second-order valence-corrected chi connectivity index (χ2v) is 7.05. The molecule has 0 aliphatic carbocycles. The van der Waals surface area contributed by atoms with Gasteiger partial charge in [-0.3, -0.25) is 14.5 Å². The lowest BCUT2D eigenvalue weighted by atomic mass is 10.1. The zero-order chi connectivity index (χ0) is 17.9. The van der Waals surface area contributed by atoms with Gasteiger partial charge in [0, 0.05) is 4.90 Å². The van der Waals surface area contributed by atoms with E-state index in [2.05, 4.69) is 0 Å². The van der Waals surface area contributed by atoms with Crippen molar-refractivity contribution in [3.8, 4) is 0 Å². The van der Waals surface area contributed by atoms with Crippen LogP contribution < -0.4 is 4.90 Å². The number of hydrogen-bond donors (Lipinski definition) is 0. The Labute approximate surface area is 155 Å². The van der Waals surface area contributed by atoms with Crippen LogP contribution in [0.15, 0.2) is 71.6 Å². The van der Waals surface area contributed by atoms with Gasteiger partial charge in [0.2, 0.25) is 5.91 Å². The Morgan fingerprint density at radius 2 is 1.77 bits per heavy atom. The third-order valence-corrected chi connectivity index (χ3v) is 5.41. The maximum absolute atomic E-state index is 12.4. The number of nitrogens with zero attached hydrogens (tertiary/aromatic N) is 1. The van der Waals surface area contributed by atoms with Crippen LogP contribution in [0.3, 0.4) is 0 Å². The summed E-state index contributed by atoms with van der Waals surface area (Å²) in [6.45, 7) is 0.125. The molecule has 1 amide bonds. The van der Waals surface area contributed by atoms with E-state index >= 15 is 0 Å². The SMILES string of the molecule is O=C(CN1C(=O)CSc2ccccc21)OCc1cccc2ccccc12. The number of amides is 1. The van der Waals surface area contributed by atoms with Crippen LogP contribution in [0, 0.1) is 0 Å². The van der Waals surface area contributed by atoms with E-state index in [4.69, 9.17) is 4.74 Å². The van der Waals surface area contributed by atoms with Gasteiger partial charge in [0.15, 0.2) is 0 Å². The molecule has 130 valence electrons. The quantitative estimate of drug-likeness (QED) is 0.657. The lowest BCUT2D eigenvalue weighted by molar-refractivity contribution is -0.144. The van der Waals surface area contributed by atoms with Gasteiger partial charge in [-0.25, -0.2) is 0 Å². The summed E-state index contributed by atoms with van der Waals surface area (Å²) in [7, 11) is 0. The van der Waals surface area contributed by atoms with Crippen molar-refractivity contribution in [2.45, 2.75) is 11.5 Å². The van der Waals surface area contributed by atoms with E-state index in [1.54, 1.807) is 0 Å². The molecule has 0 saturated heterocycles. The Morgan fingerprint density at radius 3 is 2.69 bits per heavy atom. The highest BCUT2D eigenvalue weighted by Gasteiger charge is 2.26. The average Bonchev–Trinajstić information content (AvgIpc) is 2.68. The van der Waals surface area contributed by atoms with E-state index in [1.807, 2.05) is 66.7 Å². The molecule has 4 rings (SSSR count). The third-order valence-electron chi connectivity index (χ3n) is 4.36. The predicted octanol–water partition coefficient (Wildman–Crippen LogP) is 4.02. The first-order valence-corrected chi connectivity index (χ1v) is 9.35. The molecule has 1 heterocycles. The van der Waals surface area contributed by atoms with Crippen molar-refractivity contribution in [3.63, 3.8) is 0 Å². The molecule has 0 bridgehead atoms. The van der Waals surface area contributed by atoms with Crippen molar-refractivity contribution in [2.24, 2.45) is 0 Å². The van der Waals surface area contributed by atoms with Gasteiger partial charge in [0.05, 0.1) is 11.4 Å². The first-order chi connectivity index (χ1) is 12.7. The molecule has 0 unspecified atom stereocenters. The number of anilines is 1. The van der Waals surface area contributed by atoms with E-state index in [-0.39, 0.29) is 19.1 Å². The molecule has 1 aliphatic heterocycles. The van der Waals surface area contributed by atoms with E-state index in [0.717, 1.165) is 26.9 Å². The van der Waals surface area contributed by atoms with Crippen LogP contribution in [0.25, 0.3) is 10.8 Å². The van der Waals surface area contributed by atoms with Crippen LogP contribution in [0.5, 0.6) is 0 Å². The molecule has 3 aromatic rings. The largest absolute Gasteiger partial charge is 0.459 e. The summed E-state index contributed by atoms with van der Waals surface area (Å²) in [5, 5.41) is 2.18. The topological polar surface area (TPSA) is 46.6 Å². The smallest absolute Gasteiger partial charge is 0.326 e. The van der Waals surface area contributed by atoms with Gasteiger partial charge in [-0.05, 0) is 28.5 Å². The Kier molecular flexibility index (Phi) is 4.63. The lowest BCUT2D eigenvalue weighted by Crippen LogP contribution is -2.39. The normalized spacial score (nSPS) is 13.5. The Balaban J connectivity index is 1.47. The number of carbonyl (C=O) groups excluding carboxylic acids is 2. The van der Waals surface area contributed by atoms with Gasteiger partial charge in [0.25, 0.3) is 0 Å². The second-order valence-electron chi connectivity index (χ2n) is 6.04. The summed E-state index contributed by atoms with van der Waals surface area (Å²) < 4.78 is 5.46. The predicted molar refractivity (Wildman–Crippen MR) is 103 cm³/mol. The van der Waals surface area contributed by atoms with E-state index in [9.17, 15) is 9.59 Å². The lowest BCUT2D eigenvalue weighted by Gasteiger charge is -2.27. The van der Waals surface area contributed by atoms with Crippen molar-refractivity contribution in [1.82, 2.24) is 0 Å². The van der Waals surface area contributed by atoms with Crippen molar-refractivity contribution in [3.05, 3.63) is 72.3 Å². The number of fused-ring (bicyclic) bond motifs is 2. The molecule has 0 aromatic heterocycles.